The topological polar surface area (TPSA) is 93.6 Å². The van der Waals surface area contributed by atoms with Crippen LogP contribution in [0.25, 0.3) is 0 Å². The van der Waals surface area contributed by atoms with Crippen molar-refractivity contribution in [1.29, 1.82) is 0 Å². The first-order valence-electron chi connectivity index (χ1n) is 17.1. The number of thioether (sulfide) groups is 1. The van der Waals surface area contributed by atoms with Crippen molar-refractivity contribution in [3.63, 3.8) is 0 Å². The second kappa shape index (κ2) is 14.4. The number of carbonyl (C=O) groups is 3. The fourth-order valence-electron chi connectivity index (χ4n) is 8.12. The molecule has 2 unspecified atom stereocenters. The third-order valence-electron chi connectivity index (χ3n) is 10.4. The van der Waals surface area contributed by atoms with E-state index < -0.39 is 33.4 Å². The molecular formula is C38H50N4O5S. The van der Waals surface area contributed by atoms with E-state index >= 15 is 0 Å². The summed E-state index contributed by atoms with van der Waals surface area (Å²) in [7, 11) is 0. The molecule has 3 aliphatic heterocycles. The standard InChI is InChI=1S/C38H50N4O5S/c1-8-23-40(29-17-19-30(20-18-29)47-12-5)34(44)31-32-35(45)42(26(6)25-43)33(38(32)22-21-37(31,7)48-38)36(46)41(24-9-2)28-15-13-27(14-16-28)39(10-3)11-4/h8-9,13-20,26,31-33,43H,1-2,10-12,21-25H2,3-7H3/t26-,31+,32+,33?,37-,38?/m1/s1. The predicted molar refractivity (Wildman–Crippen MR) is 195 cm³/mol. The molecule has 3 heterocycles. The molecule has 9 nitrogen and oxygen atoms in total. The number of hydrogen-bond donors (Lipinski definition) is 1. The Labute approximate surface area is 289 Å². The molecule has 2 bridgehead atoms. The maximum Gasteiger partial charge on any atom is 0.251 e. The molecule has 3 aliphatic rings. The maximum absolute atomic E-state index is 15.0. The molecule has 258 valence electrons. The molecule has 2 aromatic rings. The van der Waals surface area contributed by atoms with Crippen molar-refractivity contribution in [2.24, 2.45) is 11.8 Å². The third kappa shape index (κ3) is 5.91. The van der Waals surface area contributed by atoms with Crippen molar-refractivity contribution >= 4 is 46.5 Å². The summed E-state index contributed by atoms with van der Waals surface area (Å²) in [6.45, 7) is 20.3. The lowest BCUT2D eigenvalue weighted by Gasteiger charge is -2.39. The molecule has 2 aromatic carbocycles. The molecule has 5 rings (SSSR count). The quantitative estimate of drug-likeness (QED) is 0.249. The number of rotatable bonds is 15. The van der Waals surface area contributed by atoms with E-state index in [1.54, 1.807) is 45.5 Å². The van der Waals surface area contributed by atoms with Crippen LogP contribution in [-0.2, 0) is 14.4 Å². The monoisotopic (exact) mass is 674 g/mol. The van der Waals surface area contributed by atoms with Gasteiger partial charge in [0, 0.05) is 48.0 Å². The summed E-state index contributed by atoms with van der Waals surface area (Å²) in [5.41, 5.74) is 2.47. The Balaban J connectivity index is 1.55. The van der Waals surface area contributed by atoms with Crippen LogP contribution in [-0.4, -0.2) is 88.7 Å². The number of aliphatic hydroxyl groups excluding tert-OH is 1. The molecular weight excluding hydrogens is 625 g/mol. The van der Waals surface area contributed by atoms with Gasteiger partial charge in [-0.05, 0) is 96.0 Å². The highest BCUT2D eigenvalue weighted by molar-refractivity contribution is 8.02. The van der Waals surface area contributed by atoms with Crippen molar-refractivity contribution in [3.05, 3.63) is 73.8 Å². The van der Waals surface area contributed by atoms with Crippen LogP contribution in [0.1, 0.15) is 47.5 Å². The Morgan fingerprint density at radius 2 is 1.50 bits per heavy atom. The predicted octanol–water partition coefficient (Wildman–Crippen LogP) is 5.53. The summed E-state index contributed by atoms with van der Waals surface area (Å²) in [5.74, 6) is -1.30. The van der Waals surface area contributed by atoms with Crippen LogP contribution in [0.4, 0.5) is 17.1 Å². The molecule has 0 saturated carbocycles. The van der Waals surface area contributed by atoms with Crippen LogP contribution in [0.5, 0.6) is 5.75 Å². The van der Waals surface area contributed by atoms with E-state index in [1.165, 1.54) is 0 Å². The van der Waals surface area contributed by atoms with Gasteiger partial charge in [-0.25, -0.2) is 0 Å². The Morgan fingerprint density at radius 3 is 2.02 bits per heavy atom. The number of amides is 3. The number of likely N-dealkylation sites (tertiary alicyclic amines) is 1. The Bertz CT molecular complexity index is 1510. The van der Waals surface area contributed by atoms with E-state index in [2.05, 4.69) is 38.8 Å². The number of carbonyl (C=O) groups excluding carboxylic acids is 3. The van der Waals surface area contributed by atoms with Crippen molar-refractivity contribution in [3.8, 4) is 5.75 Å². The highest BCUT2D eigenvalue weighted by atomic mass is 32.2. The van der Waals surface area contributed by atoms with Crippen LogP contribution in [0.2, 0.25) is 0 Å². The van der Waals surface area contributed by atoms with E-state index in [4.69, 9.17) is 4.74 Å². The normalized spacial score (nSPS) is 26.2. The van der Waals surface area contributed by atoms with Gasteiger partial charge in [-0.3, -0.25) is 14.4 Å². The van der Waals surface area contributed by atoms with E-state index in [0.29, 0.717) is 36.6 Å². The average molecular weight is 675 g/mol. The zero-order valence-corrected chi connectivity index (χ0v) is 29.7. The van der Waals surface area contributed by atoms with Crippen LogP contribution in [0.3, 0.4) is 0 Å². The van der Waals surface area contributed by atoms with Crippen LogP contribution >= 0.6 is 11.8 Å². The molecule has 0 aromatic heterocycles. The van der Waals surface area contributed by atoms with Crippen molar-refractivity contribution < 1.29 is 24.2 Å². The van der Waals surface area contributed by atoms with Gasteiger partial charge in [-0.2, -0.15) is 0 Å². The lowest BCUT2D eigenvalue weighted by Crippen LogP contribution is -2.57. The minimum atomic E-state index is -0.859. The van der Waals surface area contributed by atoms with Gasteiger partial charge in [0.1, 0.15) is 11.8 Å². The largest absolute Gasteiger partial charge is 0.494 e. The second-order valence-corrected chi connectivity index (χ2v) is 15.0. The highest BCUT2D eigenvalue weighted by Crippen LogP contribution is 2.72. The molecule has 1 spiro atoms. The molecule has 48 heavy (non-hydrogen) atoms. The zero-order chi connectivity index (χ0) is 34.8. The summed E-state index contributed by atoms with van der Waals surface area (Å²) in [4.78, 5) is 51.6. The summed E-state index contributed by atoms with van der Waals surface area (Å²) in [6, 6.07) is 13.8. The van der Waals surface area contributed by atoms with Crippen LogP contribution in [0.15, 0.2) is 73.8 Å². The van der Waals surface area contributed by atoms with Gasteiger partial charge in [0.15, 0.2) is 0 Å². The van der Waals surface area contributed by atoms with Crippen LogP contribution < -0.4 is 19.4 Å². The van der Waals surface area contributed by atoms with Crippen molar-refractivity contribution in [2.45, 2.75) is 69.0 Å². The summed E-state index contributed by atoms with van der Waals surface area (Å²) in [5, 5.41) is 10.4. The molecule has 10 heteroatoms. The third-order valence-corrected chi connectivity index (χ3v) is 12.3. The number of nitrogens with zero attached hydrogens (tertiary/aromatic N) is 4. The first-order valence-corrected chi connectivity index (χ1v) is 17.9. The van der Waals surface area contributed by atoms with Crippen molar-refractivity contribution in [2.75, 3.05) is 54.1 Å². The Hall–Kier alpha value is -3.76. The summed E-state index contributed by atoms with van der Waals surface area (Å²) >= 11 is 1.63. The lowest BCUT2D eigenvalue weighted by atomic mass is 9.66. The fraction of sp³-hybridized carbons (Fsp3) is 0.500. The van der Waals surface area contributed by atoms with Crippen molar-refractivity contribution in [1.82, 2.24) is 4.90 Å². The van der Waals surface area contributed by atoms with E-state index in [0.717, 1.165) is 18.8 Å². The van der Waals surface area contributed by atoms with E-state index in [1.807, 2.05) is 55.5 Å². The number of anilines is 3. The fourth-order valence-corrected chi connectivity index (χ4v) is 10.5. The van der Waals surface area contributed by atoms with Gasteiger partial charge < -0.3 is 29.4 Å². The highest BCUT2D eigenvalue weighted by Gasteiger charge is 2.78. The van der Waals surface area contributed by atoms with Crippen LogP contribution in [0, 0.1) is 11.8 Å². The molecule has 3 saturated heterocycles. The number of fused-ring (bicyclic) bond motifs is 1. The molecule has 3 amide bonds. The second-order valence-electron chi connectivity index (χ2n) is 13.1. The van der Waals surface area contributed by atoms with Gasteiger partial charge in [-0.15, -0.1) is 24.9 Å². The minimum Gasteiger partial charge on any atom is -0.494 e. The average Bonchev–Trinajstić information content (AvgIpc) is 3.67. The molecule has 3 fully saturated rings. The lowest BCUT2D eigenvalue weighted by molar-refractivity contribution is -0.142. The molecule has 1 N–H and O–H groups in total. The van der Waals surface area contributed by atoms with Gasteiger partial charge in [0.2, 0.25) is 11.8 Å². The minimum absolute atomic E-state index is 0.159. The van der Waals surface area contributed by atoms with Gasteiger partial charge in [-0.1, -0.05) is 12.2 Å². The molecule has 6 atom stereocenters. The first-order chi connectivity index (χ1) is 23.0. The smallest absolute Gasteiger partial charge is 0.251 e. The molecule has 0 aliphatic carbocycles. The first kappa shape index (κ1) is 35.5. The number of ether oxygens (including phenoxy) is 1. The number of aliphatic hydroxyl groups is 1. The summed E-state index contributed by atoms with van der Waals surface area (Å²) < 4.78 is 4.24. The summed E-state index contributed by atoms with van der Waals surface area (Å²) in [6.07, 6.45) is 4.69. The van der Waals surface area contributed by atoms with Gasteiger partial charge in [0.25, 0.3) is 5.91 Å². The Morgan fingerprint density at radius 1 is 0.958 bits per heavy atom. The molecule has 0 radical (unpaired) electrons. The number of benzene rings is 2. The van der Waals surface area contributed by atoms with E-state index in [-0.39, 0.29) is 37.4 Å². The van der Waals surface area contributed by atoms with E-state index in [9.17, 15) is 19.5 Å². The number of hydrogen-bond acceptors (Lipinski definition) is 7. The van der Waals surface area contributed by atoms with Gasteiger partial charge in [0.05, 0.1) is 35.8 Å². The maximum atomic E-state index is 15.0. The van der Waals surface area contributed by atoms with Gasteiger partial charge >= 0.3 is 0 Å². The Kier molecular flexibility index (Phi) is 10.7. The zero-order valence-electron chi connectivity index (χ0n) is 28.9. The SMILES string of the molecule is C=CCN(C(=O)C1N([C@H](C)CO)C(=O)[C@@H]2[C@@H](C(=O)N(CC=C)c3ccc(OCC)cc3)[C@@]3(C)CCC12S3)c1ccc(N(CC)CC)cc1.